The zero-order valence-corrected chi connectivity index (χ0v) is 20.0. The van der Waals surface area contributed by atoms with E-state index in [1.165, 1.54) is 10.9 Å². The van der Waals surface area contributed by atoms with Crippen molar-refractivity contribution in [2.75, 3.05) is 13.2 Å². The Morgan fingerprint density at radius 3 is 2.60 bits per heavy atom. The smallest absolute Gasteiger partial charge is 0.253 e. The number of nitrogens with one attached hydrogen (secondary N) is 1. The zero-order valence-electron chi connectivity index (χ0n) is 19.3. The molecule has 3 aromatic carbocycles. The second-order valence-corrected chi connectivity index (χ2v) is 8.79. The Bertz CT molecular complexity index is 1470. The summed E-state index contributed by atoms with van der Waals surface area (Å²) < 4.78 is 7.91. The Morgan fingerprint density at radius 2 is 1.71 bits per heavy atom. The molecule has 0 radical (unpaired) electrons. The van der Waals surface area contributed by atoms with Crippen LogP contribution in [0.3, 0.4) is 0 Å². The minimum absolute atomic E-state index is 0.0634. The second kappa shape index (κ2) is 10.6. The lowest BCUT2D eigenvalue weighted by Crippen LogP contribution is -2.24. The summed E-state index contributed by atoms with van der Waals surface area (Å²) in [6, 6.07) is 25.6. The number of hydrogen-bond acceptors (Lipinski definition) is 3. The van der Waals surface area contributed by atoms with Gasteiger partial charge in [0.05, 0.1) is 22.6 Å². The van der Waals surface area contributed by atoms with Crippen LogP contribution in [-0.2, 0) is 13.0 Å². The van der Waals surface area contributed by atoms with Gasteiger partial charge in [-0.15, -0.1) is 0 Å². The fourth-order valence-electron chi connectivity index (χ4n) is 4.38. The lowest BCUT2D eigenvalue weighted by molar-refractivity contribution is 0.0954. The number of halogens is 1. The summed E-state index contributed by atoms with van der Waals surface area (Å²) in [6.07, 6.45) is 5.49. The Morgan fingerprint density at radius 1 is 0.943 bits per heavy atom. The van der Waals surface area contributed by atoms with Gasteiger partial charge in [-0.05, 0) is 48.7 Å². The van der Waals surface area contributed by atoms with Gasteiger partial charge >= 0.3 is 0 Å². The molecule has 0 aliphatic rings. The predicted octanol–water partition coefficient (Wildman–Crippen LogP) is 6.28. The molecule has 0 aliphatic heterocycles. The van der Waals surface area contributed by atoms with E-state index < -0.39 is 0 Å². The van der Waals surface area contributed by atoms with Crippen molar-refractivity contribution < 1.29 is 9.53 Å². The Labute approximate surface area is 209 Å². The molecule has 5 nitrogen and oxygen atoms in total. The maximum atomic E-state index is 13.1. The molecular weight excluding hydrogens is 458 g/mol. The second-order valence-electron chi connectivity index (χ2n) is 8.38. The molecule has 0 aliphatic carbocycles. The van der Waals surface area contributed by atoms with Crippen LogP contribution < -0.4 is 10.1 Å². The summed E-state index contributed by atoms with van der Waals surface area (Å²) in [7, 11) is 0. The van der Waals surface area contributed by atoms with E-state index in [-0.39, 0.29) is 5.91 Å². The van der Waals surface area contributed by atoms with E-state index in [0.717, 1.165) is 29.3 Å². The molecule has 5 rings (SSSR count). The third kappa shape index (κ3) is 5.15. The van der Waals surface area contributed by atoms with Crippen molar-refractivity contribution in [2.24, 2.45) is 0 Å². The molecule has 0 unspecified atom stereocenters. The van der Waals surface area contributed by atoms with Gasteiger partial charge in [-0.2, -0.15) is 0 Å². The summed E-state index contributed by atoms with van der Waals surface area (Å²) in [5.41, 5.74) is 3.93. The zero-order chi connectivity index (χ0) is 24.0. The van der Waals surface area contributed by atoms with E-state index in [1.807, 2.05) is 79.1 Å². The average molecular weight is 484 g/mol. The molecule has 6 heteroatoms. The quantitative estimate of drug-likeness (QED) is 0.251. The molecule has 0 atom stereocenters. The molecule has 0 fully saturated rings. The first kappa shape index (κ1) is 22.9. The Kier molecular flexibility index (Phi) is 6.96. The topological polar surface area (TPSA) is 56.2 Å². The van der Waals surface area contributed by atoms with Crippen LogP contribution in [0.4, 0.5) is 0 Å². The molecular formula is C29H26ClN3O2. The van der Waals surface area contributed by atoms with Crippen LogP contribution in [0.25, 0.3) is 21.8 Å². The standard InChI is InChI=1S/C29H26ClN3O2/c30-25-11-3-6-14-28(25)35-19-18-33-20-24(23-10-2-5-13-27(23)33)29(34)32-16-7-8-21-15-17-31-26-12-4-1-9-22(21)26/h1-6,9-15,17,20H,7-8,16,18-19H2,(H,32,34). The first-order chi connectivity index (χ1) is 17.2. The van der Waals surface area contributed by atoms with Crippen LogP contribution in [0.1, 0.15) is 22.3 Å². The highest BCUT2D eigenvalue weighted by atomic mass is 35.5. The van der Waals surface area contributed by atoms with Crippen molar-refractivity contribution in [2.45, 2.75) is 19.4 Å². The van der Waals surface area contributed by atoms with Crippen molar-refractivity contribution in [1.29, 1.82) is 0 Å². The number of amides is 1. The summed E-state index contributed by atoms with van der Waals surface area (Å²) in [5.74, 6) is 0.595. The van der Waals surface area contributed by atoms with Gasteiger partial charge in [-0.3, -0.25) is 9.78 Å². The van der Waals surface area contributed by atoms with Crippen molar-refractivity contribution in [3.63, 3.8) is 0 Å². The number of carbonyl (C=O) groups is 1. The predicted molar refractivity (Wildman–Crippen MR) is 141 cm³/mol. The first-order valence-electron chi connectivity index (χ1n) is 11.8. The largest absolute Gasteiger partial charge is 0.490 e. The SMILES string of the molecule is O=C(NCCCc1ccnc2ccccc12)c1cn(CCOc2ccccc2Cl)c2ccccc12. The molecule has 0 saturated heterocycles. The summed E-state index contributed by atoms with van der Waals surface area (Å²) in [4.78, 5) is 17.5. The highest BCUT2D eigenvalue weighted by Crippen LogP contribution is 2.24. The number of ether oxygens (including phenoxy) is 1. The molecule has 2 heterocycles. The minimum atomic E-state index is -0.0634. The van der Waals surface area contributed by atoms with Crippen LogP contribution >= 0.6 is 11.6 Å². The van der Waals surface area contributed by atoms with Gasteiger partial charge in [0.2, 0.25) is 0 Å². The summed E-state index contributed by atoms with van der Waals surface area (Å²) in [5, 5.41) is 5.79. The van der Waals surface area contributed by atoms with E-state index in [1.54, 1.807) is 0 Å². The number of aryl methyl sites for hydroxylation is 1. The fraction of sp³-hybridized carbons (Fsp3) is 0.172. The van der Waals surface area contributed by atoms with E-state index in [0.29, 0.717) is 36.0 Å². The van der Waals surface area contributed by atoms with E-state index in [4.69, 9.17) is 16.3 Å². The van der Waals surface area contributed by atoms with Gasteiger partial charge in [-0.25, -0.2) is 0 Å². The number of aromatic nitrogens is 2. The number of nitrogens with zero attached hydrogens (tertiary/aromatic N) is 2. The minimum Gasteiger partial charge on any atom is -0.490 e. The maximum Gasteiger partial charge on any atom is 0.253 e. The number of fused-ring (bicyclic) bond motifs is 2. The molecule has 0 saturated carbocycles. The lowest BCUT2D eigenvalue weighted by atomic mass is 10.0. The highest BCUT2D eigenvalue weighted by molar-refractivity contribution is 6.32. The number of carbonyl (C=O) groups excluding carboxylic acids is 1. The monoisotopic (exact) mass is 483 g/mol. The normalized spacial score (nSPS) is 11.1. The third-order valence-electron chi connectivity index (χ3n) is 6.11. The van der Waals surface area contributed by atoms with Crippen LogP contribution in [0.5, 0.6) is 5.75 Å². The van der Waals surface area contributed by atoms with Gasteiger partial charge in [0.25, 0.3) is 5.91 Å². The van der Waals surface area contributed by atoms with Gasteiger partial charge in [-0.1, -0.05) is 60.1 Å². The van der Waals surface area contributed by atoms with Gasteiger partial charge in [0, 0.05) is 35.2 Å². The number of pyridine rings is 1. The fourth-order valence-corrected chi connectivity index (χ4v) is 4.57. The summed E-state index contributed by atoms with van der Waals surface area (Å²) >= 11 is 6.19. The first-order valence-corrected chi connectivity index (χ1v) is 12.1. The maximum absolute atomic E-state index is 13.1. The molecule has 2 aromatic heterocycles. The number of hydrogen-bond donors (Lipinski definition) is 1. The molecule has 35 heavy (non-hydrogen) atoms. The van der Waals surface area contributed by atoms with Gasteiger partial charge < -0.3 is 14.6 Å². The van der Waals surface area contributed by atoms with E-state index in [9.17, 15) is 4.79 Å². The molecule has 1 N–H and O–H groups in total. The van der Waals surface area contributed by atoms with Crippen molar-refractivity contribution in [1.82, 2.24) is 14.9 Å². The molecule has 176 valence electrons. The van der Waals surface area contributed by atoms with E-state index in [2.05, 4.69) is 27.0 Å². The van der Waals surface area contributed by atoms with Gasteiger partial charge in [0.15, 0.2) is 0 Å². The lowest BCUT2D eigenvalue weighted by Gasteiger charge is -2.09. The van der Waals surface area contributed by atoms with E-state index >= 15 is 0 Å². The van der Waals surface area contributed by atoms with Crippen LogP contribution in [-0.4, -0.2) is 28.6 Å². The van der Waals surface area contributed by atoms with Crippen molar-refractivity contribution in [3.05, 3.63) is 107 Å². The molecule has 0 spiro atoms. The number of para-hydroxylation sites is 3. The van der Waals surface area contributed by atoms with Crippen LogP contribution in [0, 0.1) is 0 Å². The molecule has 1 amide bonds. The third-order valence-corrected chi connectivity index (χ3v) is 6.42. The number of rotatable bonds is 9. The molecule has 0 bridgehead atoms. The highest BCUT2D eigenvalue weighted by Gasteiger charge is 2.15. The van der Waals surface area contributed by atoms with Crippen molar-refractivity contribution >= 4 is 39.3 Å². The number of benzene rings is 3. The Hall–Kier alpha value is -3.83. The van der Waals surface area contributed by atoms with Gasteiger partial charge in [0.1, 0.15) is 12.4 Å². The van der Waals surface area contributed by atoms with Crippen molar-refractivity contribution in [3.8, 4) is 5.75 Å². The summed E-state index contributed by atoms with van der Waals surface area (Å²) in [6.45, 7) is 1.65. The van der Waals surface area contributed by atoms with Crippen LogP contribution in [0.15, 0.2) is 91.3 Å². The molecule has 5 aromatic rings. The van der Waals surface area contributed by atoms with Crippen LogP contribution in [0.2, 0.25) is 5.02 Å². The Balaban J connectivity index is 1.22. The average Bonchev–Trinajstić information content (AvgIpc) is 3.26.